The van der Waals surface area contributed by atoms with Crippen molar-refractivity contribution in [3.05, 3.63) is 71.3 Å². The summed E-state index contributed by atoms with van der Waals surface area (Å²) < 4.78 is 54.0. The minimum atomic E-state index is -3.84. The Morgan fingerprint density at radius 1 is 1.00 bits per heavy atom. The highest BCUT2D eigenvalue weighted by Gasteiger charge is 2.37. The lowest BCUT2D eigenvalue weighted by Gasteiger charge is -2.18. The number of halogens is 2. The molecule has 2 aromatic rings. The zero-order valence-electron chi connectivity index (χ0n) is 14.4. The molecule has 6 nitrogen and oxygen atoms in total. The van der Waals surface area contributed by atoms with Crippen molar-refractivity contribution in [2.45, 2.75) is 13.1 Å². The highest BCUT2D eigenvalue weighted by molar-refractivity contribution is 7.87. The molecule has 0 radical (unpaired) electrons. The molecule has 0 aliphatic carbocycles. The average Bonchev–Trinajstić information content (AvgIpc) is 2.91. The summed E-state index contributed by atoms with van der Waals surface area (Å²) in [5.41, 5.74) is 0.985. The Hall–Kier alpha value is -2.36. The van der Waals surface area contributed by atoms with E-state index in [9.17, 15) is 22.0 Å². The summed E-state index contributed by atoms with van der Waals surface area (Å²) in [6.45, 7) is 0.106. The van der Waals surface area contributed by atoms with Crippen molar-refractivity contribution in [3.63, 3.8) is 0 Å². The summed E-state index contributed by atoms with van der Waals surface area (Å²) in [5.74, 6) is -1.30. The van der Waals surface area contributed by atoms with Crippen molar-refractivity contribution in [1.82, 2.24) is 13.9 Å². The molecular weight excluding hydrogens is 376 g/mol. The number of nitrogens with one attached hydrogen (secondary N) is 1. The topological polar surface area (TPSA) is 69.7 Å². The van der Waals surface area contributed by atoms with Gasteiger partial charge >= 0.3 is 0 Å². The van der Waals surface area contributed by atoms with E-state index in [1.165, 1.54) is 30.3 Å². The van der Waals surface area contributed by atoms with Gasteiger partial charge in [0.2, 0.25) is 5.91 Å². The molecule has 0 unspecified atom stereocenters. The van der Waals surface area contributed by atoms with Crippen LogP contribution in [-0.4, -0.2) is 42.6 Å². The van der Waals surface area contributed by atoms with Gasteiger partial charge in [-0.3, -0.25) is 4.79 Å². The van der Waals surface area contributed by atoms with Gasteiger partial charge in [0.1, 0.15) is 11.6 Å². The first-order valence-corrected chi connectivity index (χ1v) is 9.76. The van der Waals surface area contributed by atoms with E-state index in [1.54, 1.807) is 18.2 Å². The molecule has 27 heavy (non-hydrogen) atoms. The Bertz CT molecular complexity index is 920. The zero-order chi connectivity index (χ0) is 19.4. The molecule has 1 saturated heterocycles. The highest BCUT2D eigenvalue weighted by atomic mass is 32.2. The van der Waals surface area contributed by atoms with Crippen molar-refractivity contribution >= 4 is 16.1 Å². The first-order valence-electron chi connectivity index (χ1n) is 8.36. The van der Waals surface area contributed by atoms with E-state index in [2.05, 4.69) is 5.32 Å². The lowest BCUT2D eigenvalue weighted by Crippen LogP contribution is -2.40. The molecule has 0 atom stereocenters. The summed E-state index contributed by atoms with van der Waals surface area (Å²) in [7, 11) is -3.84. The minimum Gasteiger partial charge on any atom is -0.351 e. The van der Waals surface area contributed by atoms with Gasteiger partial charge in [-0.25, -0.2) is 8.78 Å². The smallest absolute Gasteiger partial charge is 0.282 e. The van der Waals surface area contributed by atoms with Gasteiger partial charge in [0, 0.05) is 31.7 Å². The van der Waals surface area contributed by atoms with Gasteiger partial charge in [-0.05, 0) is 23.8 Å². The van der Waals surface area contributed by atoms with E-state index in [-0.39, 0.29) is 44.1 Å². The van der Waals surface area contributed by atoms with Crippen LogP contribution in [0.5, 0.6) is 0 Å². The highest BCUT2D eigenvalue weighted by Crippen LogP contribution is 2.20. The maximum Gasteiger partial charge on any atom is 0.282 e. The monoisotopic (exact) mass is 395 g/mol. The second-order valence-electron chi connectivity index (χ2n) is 6.17. The van der Waals surface area contributed by atoms with Crippen molar-refractivity contribution in [1.29, 1.82) is 0 Å². The van der Waals surface area contributed by atoms with Crippen LogP contribution < -0.4 is 5.32 Å². The van der Waals surface area contributed by atoms with Crippen molar-refractivity contribution in [2.24, 2.45) is 0 Å². The first kappa shape index (κ1) is 19.4. The van der Waals surface area contributed by atoms with Gasteiger partial charge in [0.05, 0.1) is 6.54 Å². The largest absolute Gasteiger partial charge is 0.351 e. The Balaban J connectivity index is 1.57. The van der Waals surface area contributed by atoms with E-state index in [1.807, 2.05) is 0 Å². The maximum atomic E-state index is 13.8. The summed E-state index contributed by atoms with van der Waals surface area (Å²) in [5, 5.41) is 2.61. The SMILES string of the molecule is O=C(CN1CCN(Cc2ccccc2F)S1(=O)=O)NCc1ccc(F)cc1. The van der Waals surface area contributed by atoms with Crippen LogP contribution in [0.3, 0.4) is 0 Å². The van der Waals surface area contributed by atoms with Crippen LogP contribution in [-0.2, 0) is 28.1 Å². The fourth-order valence-electron chi connectivity index (χ4n) is 2.77. The van der Waals surface area contributed by atoms with E-state index < -0.39 is 21.9 Å². The second kappa shape index (κ2) is 8.12. The number of rotatable bonds is 6. The van der Waals surface area contributed by atoms with Crippen LogP contribution in [0.15, 0.2) is 48.5 Å². The summed E-state index contributed by atoms with van der Waals surface area (Å²) >= 11 is 0. The molecule has 0 bridgehead atoms. The Morgan fingerprint density at radius 2 is 1.67 bits per heavy atom. The summed E-state index contributed by atoms with van der Waals surface area (Å²) in [6.07, 6.45) is 0. The predicted octanol–water partition coefficient (Wildman–Crippen LogP) is 1.64. The first-order chi connectivity index (χ1) is 12.9. The van der Waals surface area contributed by atoms with Crippen LogP contribution in [0.2, 0.25) is 0 Å². The number of benzene rings is 2. The molecule has 3 rings (SSSR count). The van der Waals surface area contributed by atoms with Crippen molar-refractivity contribution in [3.8, 4) is 0 Å². The lowest BCUT2D eigenvalue weighted by atomic mass is 10.2. The van der Waals surface area contributed by atoms with E-state index in [4.69, 9.17) is 0 Å². The average molecular weight is 395 g/mol. The predicted molar refractivity (Wildman–Crippen MR) is 95.5 cm³/mol. The second-order valence-corrected chi connectivity index (χ2v) is 8.10. The van der Waals surface area contributed by atoms with E-state index in [0.717, 1.165) is 8.61 Å². The number of nitrogens with zero attached hydrogens (tertiary/aromatic N) is 2. The molecule has 2 aromatic carbocycles. The molecule has 1 heterocycles. The van der Waals surface area contributed by atoms with Gasteiger partial charge in [-0.1, -0.05) is 30.3 Å². The minimum absolute atomic E-state index is 0.0806. The normalized spacial score (nSPS) is 17.1. The Morgan fingerprint density at radius 3 is 2.37 bits per heavy atom. The summed E-state index contributed by atoms with van der Waals surface area (Å²) in [4.78, 5) is 12.1. The molecular formula is C18H19F2N3O3S. The van der Waals surface area contributed by atoms with Crippen molar-refractivity contribution < 1.29 is 22.0 Å². The van der Waals surface area contributed by atoms with Crippen LogP contribution in [0.25, 0.3) is 0 Å². The van der Waals surface area contributed by atoms with Crippen molar-refractivity contribution in [2.75, 3.05) is 19.6 Å². The van der Waals surface area contributed by atoms with Crippen LogP contribution in [0, 0.1) is 11.6 Å². The summed E-state index contributed by atoms with van der Waals surface area (Å²) in [6, 6.07) is 11.6. The quantitative estimate of drug-likeness (QED) is 0.809. The standard InChI is InChI=1S/C18H19F2N3O3S/c19-16-7-5-14(6-8-16)11-21-18(24)13-23-10-9-22(27(23,25)26)12-15-3-1-2-4-17(15)20/h1-8H,9-13H2,(H,21,24). The third kappa shape index (κ3) is 4.68. The number of amides is 1. The molecule has 0 aromatic heterocycles. The van der Waals surface area contributed by atoms with Crippen LogP contribution >= 0.6 is 0 Å². The molecule has 0 spiro atoms. The fraction of sp³-hybridized carbons (Fsp3) is 0.278. The van der Waals surface area contributed by atoms with Gasteiger partial charge in [0.25, 0.3) is 10.2 Å². The molecule has 1 N–H and O–H groups in total. The fourth-order valence-corrected chi connectivity index (χ4v) is 4.31. The molecule has 1 aliphatic rings. The van der Waals surface area contributed by atoms with Gasteiger partial charge < -0.3 is 5.32 Å². The molecule has 1 amide bonds. The van der Waals surface area contributed by atoms with Gasteiger partial charge in [0.15, 0.2) is 0 Å². The Labute approximate surface area is 156 Å². The van der Waals surface area contributed by atoms with Gasteiger partial charge in [-0.2, -0.15) is 17.0 Å². The number of hydrogen-bond acceptors (Lipinski definition) is 3. The number of hydrogen-bond donors (Lipinski definition) is 1. The molecule has 9 heteroatoms. The molecule has 0 saturated carbocycles. The third-order valence-corrected chi connectivity index (χ3v) is 6.21. The molecule has 1 aliphatic heterocycles. The maximum absolute atomic E-state index is 13.8. The lowest BCUT2D eigenvalue weighted by molar-refractivity contribution is -0.121. The third-order valence-electron chi connectivity index (χ3n) is 4.28. The van der Waals surface area contributed by atoms with Gasteiger partial charge in [-0.15, -0.1) is 0 Å². The number of carbonyl (C=O) groups is 1. The zero-order valence-corrected chi connectivity index (χ0v) is 15.3. The van der Waals surface area contributed by atoms with Crippen LogP contribution in [0.4, 0.5) is 8.78 Å². The van der Waals surface area contributed by atoms with Crippen LogP contribution in [0.1, 0.15) is 11.1 Å². The Kier molecular flexibility index (Phi) is 5.83. The molecule has 1 fully saturated rings. The molecule has 144 valence electrons. The number of carbonyl (C=O) groups excluding carboxylic acids is 1. The van der Waals surface area contributed by atoms with E-state index >= 15 is 0 Å². The van der Waals surface area contributed by atoms with E-state index in [0.29, 0.717) is 5.56 Å².